The van der Waals surface area contributed by atoms with Crippen LogP contribution in [0.5, 0.6) is 0 Å². The number of halogens is 1. The van der Waals surface area contributed by atoms with Gasteiger partial charge in [0.05, 0.1) is 6.54 Å². The van der Waals surface area contributed by atoms with E-state index in [1.165, 1.54) is 0 Å². The van der Waals surface area contributed by atoms with Crippen molar-refractivity contribution in [3.05, 3.63) is 34.9 Å². The number of Topliss-reactive ketones (excluding diaryl/α,β-unsaturated/α-hetero) is 1. The van der Waals surface area contributed by atoms with Crippen molar-refractivity contribution in [2.45, 2.75) is 0 Å². The predicted molar refractivity (Wildman–Crippen MR) is 69.7 cm³/mol. The van der Waals surface area contributed by atoms with E-state index in [1.54, 1.807) is 24.3 Å². The highest BCUT2D eigenvalue weighted by atomic mass is 35.5. The van der Waals surface area contributed by atoms with Gasteiger partial charge in [-0.2, -0.15) is 0 Å². The lowest BCUT2D eigenvalue weighted by molar-refractivity contribution is 0.0876. The van der Waals surface area contributed by atoms with Gasteiger partial charge in [-0.05, 0) is 31.3 Å². The van der Waals surface area contributed by atoms with Gasteiger partial charge in [0.25, 0.3) is 0 Å². The van der Waals surface area contributed by atoms with Crippen molar-refractivity contribution in [2.75, 3.05) is 39.8 Å². The zero-order chi connectivity index (χ0) is 12.3. The molecule has 1 heterocycles. The maximum atomic E-state index is 12.0. The van der Waals surface area contributed by atoms with Crippen LogP contribution in [-0.2, 0) is 0 Å². The van der Waals surface area contributed by atoms with E-state index < -0.39 is 0 Å². The number of benzene rings is 1. The summed E-state index contributed by atoms with van der Waals surface area (Å²) < 4.78 is 0. The Morgan fingerprint density at radius 1 is 1.18 bits per heavy atom. The summed E-state index contributed by atoms with van der Waals surface area (Å²) in [6.45, 7) is 4.52. The van der Waals surface area contributed by atoms with Gasteiger partial charge in [0.15, 0.2) is 5.78 Å². The molecule has 1 aliphatic heterocycles. The highest BCUT2D eigenvalue weighted by Gasteiger charge is 2.17. The first kappa shape index (κ1) is 12.6. The molecule has 1 aliphatic rings. The number of rotatable bonds is 3. The van der Waals surface area contributed by atoms with Crippen LogP contribution in [0.25, 0.3) is 0 Å². The zero-order valence-corrected chi connectivity index (χ0v) is 10.8. The highest BCUT2D eigenvalue weighted by molar-refractivity contribution is 6.30. The van der Waals surface area contributed by atoms with Gasteiger partial charge in [-0.15, -0.1) is 0 Å². The molecule has 0 unspecified atom stereocenters. The summed E-state index contributed by atoms with van der Waals surface area (Å²) in [6.07, 6.45) is 0. The van der Waals surface area contributed by atoms with Crippen LogP contribution in [0.2, 0.25) is 5.02 Å². The fourth-order valence-corrected chi connectivity index (χ4v) is 2.06. The van der Waals surface area contributed by atoms with E-state index in [0.29, 0.717) is 11.6 Å². The first-order chi connectivity index (χ1) is 8.15. The summed E-state index contributed by atoms with van der Waals surface area (Å²) in [5.74, 6) is 0.172. The second kappa shape index (κ2) is 5.63. The Hall–Kier alpha value is -0.900. The second-order valence-corrected chi connectivity index (χ2v) is 4.95. The number of carbonyl (C=O) groups excluding carboxylic acids is 1. The van der Waals surface area contributed by atoms with E-state index in [4.69, 9.17) is 11.6 Å². The average Bonchev–Trinajstić information content (AvgIpc) is 2.33. The topological polar surface area (TPSA) is 23.6 Å². The Labute approximate surface area is 107 Å². The predicted octanol–water partition coefficient (Wildman–Crippen LogP) is 1.77. The summed E-state index contributed by atoms with van der Waals surface area (Å²) in [5, 5.41) is 0.668. The lowest BCUT2D eigenvalue weighted by Crippen LogP contribution is -2.46. The molecule has 17 heavy (non-hydrogen) atoms. The van der Waals surface area contributed by atoms with Crippen LogP contribution >= 0.6 is 11.6 Å². The van der Waals surface area contributed by atoms with Crippen LogP contribution in [0.15, 0.2) is 24.3 Å². The standard InChI is InChI=1S/C13H17ClN2O/c1-15-6-8-16(9-7-15)10-13(17)11-2-4-12(14)5-3-11/h2-5H,6-10H2,1H3. The van der Waals surface area contributed by atoms with E-state index in [2.05, 4.69) is 16.8 Å². The molecule has 0 amide bonds. The number of likely N-dealkylation sites (N-methyl/N-ethyl adjacent to an activating group) is 1. The SMILES string of the molecule is CN1CCN(CC(=O)c2ccc(Cl)cc2)CC1. The molecule has 0 N–H and O–H groups in total. The van der Waals surface area contributed by atoms with Gasteiger partial charge >= 0.3 is 0 Å². The van der Waals surface area contributed by atoms with Crippen LogP contribution < -0.4 is 0 Å². The fraction of sp³-hybridized carbons (Fsp3) is 0.462. The Bertz CT molecular complexity index is 383. The summed E-state index contributed by atoms with van der Waals surface area (Å²) in [5.41, 5.74) is 0.744. The number of hydrogen-bond donors (Lipinski definition) is 0. The third-order valence-electron chi connectivity index (χ3n) is 3.13. The third kappa shape index (κ3) is 3.53. The summed E-state index contributed by atoms with van der Waals surface area (Å²) >= 11 is 5.80. The first-order valence-electron chi connectivity index (χ1n) is 5.85. The van der Waals surface area contributed by atoms with Crippen molar-refractivity contribution in [3.8, 4) is 0 Å². The molecule has 0 spiro atoms. The lowest BCUT2D eigenvalue weighted by Gasteiger charge is -2.31. The minimum Gasteiger partial charge on any atom is -0.304 e. The van der Waals surface area contributed by atoms with Crippen LogP contribution in [0, 0.1) is 0 Å². The fourth-order valence-electron chi connectivity index (χ4n) is 1.94. The molecule has 0 atom stereocenters. The number of nitrogens with zero attached hydrogens (tertiary/aromatic N) is 2. The Morgan fingerprint density at radius 2 is 1.76 bits per heavy atom. The number of carbonyl (C=O) groups is 1. The summed E-state index contributed by atoms with van der Waals surface area (Å²) in [7, 11) is 2.11. The largest absolute Gasteiger partial charge is 0.304 e. The molecule has 2 rings (SSSR count). The summed E-state index contributed by atoms with van der Waals surface area (Å²) in [6, 6.07) is 7.11. The van der Waals surface area contributed by atoms with Gasteiger partial charge in [-0.25, -0.2) is 0 Å². The Morgan fingerprint density at radius 3 is 2.35 bits per heavy atom. The van der Waals surface area contributed by atoms with Gasteiger partial charge in [-0.3, -0.25) is 9.69 Å². The van der Waals surface area contributed by atoms with Crippen molar-refractivity contribution in [1.29, 1.82) is 0 Å². The van der Waals surface area contributed by atoms with E-state index in [-0.39, 0.29) is 5.78 Å². The molecule has 1 aromatic carbocycles. The number of hydrogen-bond acceptors (Lipinski definition) is 3. The van der Waals surface area contributed by atoms with Gasteiger partial charge in [0.2, 0.25) is 0 Å². The molecule has 0 radical (unpaired) electrons. The summed E-state index contributed by atoms with van der Waals surface area (Å²) in [4.78, 5) is 16.5. The smallest absolute Gasteiger partial charge is 0.176 e. The lowest BCUT2D eigenvalue weighted by atomic mass is 10.1. The van der Waals surface area contributed by atoms with Gasteiger partial charge < -0.3 is 4.90 Å². The molecule has 3 nitrogen and oxygen atoms in total. The van der Waals surface area contributed by atoms with E-state index in [9.17, 15) is 4.79 Å². The normalized spacial score (nSPS) is 18.2. The molecule has 92 valence electrons. The van der Waals surface area contributed by atoms with Crippen LogP contribution in [0.4, 0.5) is 0 Å². The van der Waals surface area contributed by atoms with Gasteiger partial charge in [-0.1, -0.05) is 11.6 Å². The minimum atomic E-state index is 0.172. The average molecular weight is 253 g/mol. The van der Waals surface area contributed by atoms with Crippen molar-refractivity contribution in [3.63, 3.8) is 0 Å². The quantitative estimate of drug-likeness (QED) is 0.766. The van der Waals surface area contributed by atoms with Gasteiger partial charge in [0, 0.05) is 36.8 Å². The van der Waals surface area contributed by atoms with Crippen LogP contribution in [0.3, 0.4) is 0 Å². The Balaban J connectivity index is 1.91. The molecule has 0 aliphatic carbocycles. The van der Waals surface area contributed by atoms with Crippen molar-refractivity contribution < 1.29 is 4.79 Å². The van der Waals surface area contributed by atoms with E-state index >= 15 is 0 Å². The van der Waals surface area contributed by atoms with Gasteiger partial charge in [0.1, 0.15) is 0 Å². The molecular formula is C13H17ClN2O. The molecule has 1 fully saturated rings. The Kier molecular flexibility index (Phi) is 4.15. The van der Waals surface area contributed by atoms with Crippen molar-refractivity contribution in [1.82, 2.24) is 9.80 Å². The minimum absolute atomic E-state index is 0.172. The molecule has 1 aromatic rings. The molecule has 4 heteroatoms. The van der Waals surface area contributed by atoms with E-state index in [1.807, 2.05) is 0 Å². The zero-order valence-electron chi connectivity index (χ0n) is 10.0. The third-order valence-corrected chi connectivity index (χ3v) is 3.38. The monoisotopic (exact) mass is 252 g/mol. The maximum Gasteiger partial charge on any atom is 0.176 e. The second-order valence-electron chi connectivity index (χ2n) is 4.51. The molecule has 1 saturated heterocycles. The number of ketones is 1. The maximum absolute atomic E-state index is 12.0. The van der Waals surface area contributed by atoms with Crippen LogP contribution in [-0.4, -0.2) is 55.4 Å². The van der Waals surface area contributed by atoms with E-state index in [0.717, 1.165) is 31.7 Å². The first-order valence-corrected chi connectivity index (χ1v) is 6.22. The number of piperazine rings is 1. The van der Waals surface area contributed by atoms with Crippen molar-refractivity contribution in [2.24, 2.45) is 0 Å². The highest BCUT2D eigenvalue weighted by Crippen LogP contribution is 2.11. The molecular weight excluding hydrogens is 236 g/mol. The van der Waals surface area contributed by atoms with Crippen LogP contribution in [0.1, 0.15) is 10.4 Å². The molecule has 0 bridgehead atoms. The molecule has 0 saturated carbocycles. The van der Waals surface area contributed by atoms with Crippen molar-refractivity contribution >= 4 is 17.4 Å². The molecule has 0 aromatic heterocycles.